The Hall–Kier alpha value is -1.31. The second kappa shape index (κ2) is 6.85. The summed E-state index contributed by atoms with van der Waals surface area (Å²) in [4.78, 5) is 0. The molecular formula is C15H24N2O4S. The minimum atomic E-state index is -3.30. The van der Waals surface area contributed by atoms with Crippen molar-refractivity contribution in [1.29, 1.82) is 0 Å². The molecule has 0 aromatic heterocycles. The van der Waals surface area contributed by atoms with E-state index in [0.29, 0.717) is 30.5 Å². The monoisotopic (exact) mass is 328 g/mol. The molecule has 0 bridgehead atoms. The van der Waals surface area contributed by atoms with E-state index < -0.39 is 10.2 Å². The Morgan fingerprint density at radius 3 is 2.50 bits per heavy atom. The summed E-state index contributed by atoms with van der Waals surface area (Å²) in [5.74, 6) is 1.73. The third kappa shape index (κ3) is 3.53. The normalized spacial score (nSPS) is 19.6. The van der Waals surface area contributed by atoms with Crippen LogP contribution in [-0.4, -0.2) is 58.4 Å². The van der Waals surface area contributed by atoms with E-state index in [-0.39, 0.29) is 0 Å². The Labute approximate surface area is 132 Å². The molecule has 0 amide bonds. The van der Waals surface area contributed by atoms with Crippen LogP contribution in [0.25, 0.3) is 0 Å². The lowest BCUT2D eigenvalue weighted by molar-refractivity contribution is 0.354. The first-order chi connectivity index (χ1) is 10.4. The van der Waals surface area contributed by atoms with Gasteiger partial charge in [0, 0.05) is 27.2 Å². The number of rotatable bonds is 6. The van der Waals surface area contributed by atoms with Crippen LogP contribution in [0.3, 0.4) is 0 Å². The summed E-state index contributed by atoms with van der Waals surface area (Å²) in [5, 5.41) is 0. The van der Waals surface area contributed by atoms with Crippen molar-refractivity contribution in [1.82, 2.24) is 8.61 Å². The highest BCUT2D eigenvalue weighted by Gasteiger charge is 2.32. The van der Waals surface area contributed by atoms with Gasteiger partial charge in [-0.25, -0.2) is 0 Å². The van der Waals surface area contributed by atoms with E-state index in [0.717, 1.165) is 18.4 Å². The van der Waals surface area contributed by atoms with Crippen molar-refractivity contribution < 1.29 is 17.9 Å². The molecular weight excluding hydrogens is 304 g/mol. The molecule has 0 spiro atoms. The fourth-order valence-electron chi connectivity index (χ4n) is 2.75. The highest BCUT2D eigenvalue weighted by Crippen LogP contribution is 2.30. The maximum atomic E-state index is 12.1. The maximum Gasteiger partial charge on any atom is 0.281 e. The van der Waals surface area contributed by atoms with Gasteiger partial charge < -0.3 is 9.47 Å². The summed E-state index contributed by atoms with van der Waals surface area (Å²) in [6, 6.07) is 5.85. The molecule has 124 valence electrons. The van der Waals surface area contributed by atoms with Gasteiger partial charge in [0.15, 0.2) is 11.5 Å². The molecule has 2 rings (SSSR count). The molecule has 7 heteroatoms. The first-order valence-corrected chi connectivity index (χ1v) is 8.66. The van der Waals surface area contributed by atoms with Crippen molar-refractivity contribution in [2.75, 3.05) is 41.4 Å². The molecule has 1 aliphatic heterocycles. The highest BCUT2D eigenvalue weighted by molar-refractivity contribution is 7.86. The molecule has 1 heterocycles. The van der Waals surface area contributed by atoms with Crippen LogP contribution in [0.15, 0.2) is 18.2 Å². The summed E-state index contributed by atoms with van der Waals surface area (Å²) in [5.41, 5.74) is 1.13. The van der Waals surface area contributed by atoms with Crippen molar-refractivity contribution in [2.24, 2.45) is 5.92 Å². The third-order valence-corrected chi connectivity index (χ3v) is 5.92. The third-order valence-electron chi connectivity index (χ3n) is 4.01. The van der Waals surface area contributed by atoms with Crippen LogP contribution >= 0.6 is 0 Å². The molecule has 0 saturated carbocycles. The SMILES string of the molecule is COc1ccc(CC2CCN(S(=O)(=O)N(C)C)C2)cc1OC. The zero-order valence-corrected chi connectivity index (χ0v) is 14.4. The van der Waals surface area contributed by atoms with E-state index >= 15 is 0 Å². The second-order valence-electron chi connectivity index (χ2n) is 5.70. The van der Waals surface area contributed by atoms with Gasteiger partial charge in [-0.15, -0.1) is 0 Å². The Kier molecular flexibility index (Phi) is 5.31. The number of ether oxygens (including phenoxy) is 2. The number of methoxy groups -OCH3 is 2. The van der Waals surface area contributed by atoms with Gasteiger partial charge in [0.25, 0.3) is 10.2 Å². The van der Waals surface area contributed by atoms with Crippen LogP contribution in [-0.2, 0) is 16.6 Å². The first-order valence-electron chi connectivity index (χ1n) is 7.27. The minimum absolute atomic E-state index is 0.327. The van der Waals surface area contributed by atoms with E-state index in [1.165, 1.54) is 4.31 Å². The zero-order valence-electron chi connectivity index (χ0n) is 13.6. The van der Waals surface area contributed by atoms with Gasteiger partial charge in [0.05, 0.1) is 14.2 Å². The summed E-state index contributed by atoms with van der Waals surface area (Å²) in [6.45, 7) is 1.15. The summed E-state index contributed by atoms with van der Waals surface area (Å²) in [6.07, 6.45) is 1.71. The quantitative estimate of drug-likeness (QED) is 0.791. The molecule has 1 atom stereocenters. The summed E-state index contributed by atoms with van der Waals surface area (Å²) < 4.78 is 37.6. The Bertz CT molecular complexity index is 616. The lowest BCUT2D eigenvalue weighted by atomic mass is 9.98. The van der Waals surface area contributed by atoms with Crippen molar-refractivity contribution in [2.45, 2.75) is 12.8 Å². The molecule has 6 nitrogen and oxygen atoms in total. The Morgan fingerprint density at radius 1 is 1.23 bits per heavy atom. The Balaban J connectivity index is 2.04. The van der Waals surface area contributed by atoms with Gasteiger partial charge in [-0.2, -0.15) is 17.0 Å². The number of hydrogen-bond acceptors (Lipinski definition) is 4. The number of nitrogens with zero attached hydrogens (tertiary/aromatic N) is 2. The predicted octanol–water partition coefficient (Wildman–Crippen LogP) is 1.37. The molecule has 1 saturated heterocycles. The number of benzene rings is 1. The predicted molar refractivity (Wildman–Crippen MR) is 85.5 cm³/mol. The lowest BCUT2D eigenvalue weighted by Crippen LogP contribution is -2.38. The van der Waals surface area contributed by atoms with Crippen LogP contribution < -0.4 is 9.47 Å². The van der Waals surface area contributed by atoms with E-state index in [1.54, 1.807) is 32.6 Å². The van der Waals surface area contributed by atoms with Gasteiger partial charge in [0.2, 0.25) is 0 Å². The average Bonchev–Trinajstić information content (AvgIpc) is 2.96. The molecule has 1 unspecified atom stereocenters. The van der Waals surface area contributed by atoms with E-state index in [9.17, 15) is 8.42 Å². The smallest absolute Gasteiger partial charge is 0.281 e. The van der Waals surface area contributed by atoms with Crippen LogP contribution in [0.2, 0.25) is 0 Å². The van der Waals surface area contributed by atoms with Gasteiger partial charge >= 0.3 is 0 Å². The van der Waals surface area contributed by atoms with Gasteiger partial charge in [-0.1, -0.05) is 6.07 Å². The minimum Gasteiger partial charge on any atom is -0.493 e. The van der Waals surface area contributed by atoms with Crippen molar-refractivity contribution in [3.63, 3.8) is 0 Å². The number of hydrogen-bond donors (Lipinski definition) is 0. The van der Waals surface area contributed by atoms with Crippen LogP contribution in [0.5, 0.6) is 11.5 Å². The van der Waals surface area contributed by atoms with Crippen LogP contribution in [0.4, 0.5) is 0 Å². The molecule has 0 aliphatic carbocycles. The molecule has 1 aliphatic rings. The molecule has 1 fully saturated rings. The van der Waals surface area contributed by atoms with E-state index in [2.05, 4.69) is 0 Å². The standard InChI is InChI=1S/C15H24N2O4S/c1-16(2)22(18,19)17-8-7-13(11-17)9-12-5-6-14(20-3)15(10-12)21-4/h5-6,10,13H,7-9,11H2,1-4H3. The zero-order chi connectivity index (χ0) is 16.3. The van der Waals surface area contributed by atoms with Crippen molar-refractivity contribution >= 4 is 10.2 Å². The van der Waals surface area contributed by atoms with Gasteiger partial charge in [-0.3, -0.25) is 0 Å². The maximum absolute atomic E-state index is 12.1. The van der Waals surface area contributed by atoms with E-state index in [4.69, 9.17) is 9.47 Å². The molecule has 1 aromatic carbocycles. The van der Waals surface area contributed by atoms with Crippen LogP contribution in [0.1, 0.15) is 12.0 Å². The lowest BCUT2D eigenvalue weighted by Gasteiger charge is -2.21. The molecule has 0 N–H and O–H groups in total. The van der Waals surface area contributed by atoms with Crippen molar-refractivity contribution in [3.8, 4) is 11.5 Å². The van der Waals surface area contributed by atoms with Crippen LogP contribution in [0, 0.1) is 5.92 Å². The first kappa shape index (κ1) is 17.1. The fourth-order valence-corrected chi connectivity index (χ4v) is 3.94. The molecule has 0 radical (unpaired) electrons. The highest BCUT2D eigenvalue weighted by atomic mass is 32.2. The van der Waals surface area contributed by atoms with Crippen molar-refractivity contribution in [3.05, 3.63) is 23.8 Å². The molecule has 22 heavy (non-hydrogen) atoms. The summed E-state index contributed by atoms with van der Waals surface area (Å²) >= 11 is 0. The van der Waals surface area contributed by atoms with Gasteiger partial charge in [-0.05, 0) is 36.5 Å². The average molecular weight is 328 g/mol. The molecule has 1 aromatic rings. The second-order valence-corrected chi connectivity index (χ2v) is 7.84. The largest absolute Gasteiger partial charge is 0.493 e. The van der Waals surface area contributed by atoms with E-state index in [1.807, 2.05) is 18.2 Å². The Morgan fingerprint density at radius 2 is 1.91 bits per heavy atom. The summed E-state index contributed by atoms with van der Waals surface area (Å²) in [7, 11) is 3.05. The topological polar surface area (TPSA) is 59.1 Å². The van der Waals surface area contributed by atoms with Gasteiger partial charge in [0.1, 0.15) is 0 Å². The fraction of sp³-hybridized carbons (Fsp3) is 0.600.